The zero-order valence-electron chi connectivity index (χ0n) is 9.73. The van der Waals surface area contributed by atoms with Gasteiger partial charge in [0.25, 0.3) is 0 Å². The van der Waals surface area contributed by atoms with E-state index >= 15 is 0 Å². The van der Waals surface area contributed by atoms with Gasteiger partial charge in [-0.25, -0.2) is 14.9 Å². The molecule has 0 radical (unpaired) electrons. The second-order valence-corrected chi connectivity index (χ2v) is 3.67. The largest absolute Gasteiger partial charge is 0.489 e. The summed E-state index contributed by atoms with van der Waals surface area (Å²) < 4.78 is 17.7. The Labute approximate surface area is 104 Å². The average Bonchev–Trinajstić information content (AvgIpc) is 2.94. The van der Waals surface area contributed by atoms with Gasteiger partial charge in [-0.2, -0.15) is 0 Å². The Kier molecular flexibility index (Phi) is 4.27. The van der Waals surface area contributed by atoms with Gasteiger partial charge in [-0.05, 0) is 24.3 Å². The number of nitrogens with one attached hydrogen (secondary N) is 1. The lowest BCUT2D eigenvalue weighted by atomic mass is 10.2. The molecule has 0 aromatic heterocycles. The van der Waals surface area contributed by atoms with Crippen LogP contribution in [0.3, 0.4) is 0 Å². The molecule has 96 valence electrons. The molecule has 0 amide bonds. The molecule has 0 saturated heterocycles. The van der Waals surface area contributed by atoms with Crippen LogP contribution < -0.4 is 16.0 Å². The summed E-state index contributed by atoms with van der Waals surface area (Å²) >= 11 is 0. The highest BCUT2D eigenvalue weighted by molar-refractivity contribution is 5.98. The number of rotatable bonds is 5. The molecule has 18 heavy (non-hydrogen) atoms. The molecule has 1 aliphatic heterocycles. The number of hydroxylamine groups is 1. The third-order valence-corrected chi connectivity index (χ3v) is 2.42. The zero-order valence-corrected chi connectivity index (χ0v) is 9.73. The third-order valence-electron chi connectivity index (χ3n) is 2.42. The van der Waals surface area contributed by atoms with Gasteiger partial charge in [-0.15, -0.1) is 0 Å². The van der Waals surface area contributed by atoms with Gasteiger partial charge >= 0.3 is 0 Å². The van der Waals surface area contributed by atoms with Gasteiger partial charge in [-0.3, -0.25) is 4.84 Å². The standard InChI is InChI=1S/C12H14FN3O2/c13-5-9(6-14)7-17-11-3-1-10(2-4-11)12-15-8-18-16-12/h1-5H,6-8,14H2,(H,15,16)/b9-5+. The Bertz CT molecular complexity index is 457. The van der Waals surface area contributed by atoms with Crippen LogP contribution in [0, 0.1) is 0 Å². The molecule has 1 aromatic rings. The first-order valence-electron chi connectivity index (χ1n) is 5.47. The van der Waals surface area contributed by atoms with Gasteiger partial charge in [0.05, 0.1) is 6.33 Å². The molecule has 1 aliphatic rings. The van der Waals surface area contributed by atoms with Crippen molar-refractivity contribution < 1.29 is 14.0 Å². The number of amidine groups is 1. The van der Waals surface area contributed by atoms with Crippen molar-refractivity contribution in [3.63, 3.8) is 0 Å². The Morgan fingerprint density at radius 1 is 1.50 bits per heavy atom. The van der Waals surface area contributed by atoms with Crippen molar-refractivity contribution in [1.82, 2.24) is 5.48 Å². The first kappa shape index (κ1) is 12.5. The molecular weight excluding hydrogens is 237 g/mol. The second-order valence-electron chi connectivity index (χ2n) is 3.67. The van der Waals surface area contributed by atoms with E-state index in [1.165, 1.54) is 0 Å². The fourth-order valence-electron chi connectivity index (χ4n) is 1.40. The summed E-state index contributed by atoms with van der Waals surface area (Å²) in [5, 5.41) is 0. The highest BCUT2D eigenvalue weighted by Crippen LogP contribution is 2.14. The predicted molar refractivity (Wildman–Crippen MR) is 65.8 cm³/mol. The van der Waals surface area contributed by atoms with E-state index in [1.54, 1.807) is 12.1 Å². The Morgan fingerprint density at radius 2 is 2.28 bits per heavy atom. The molecule has 0 saturated carbocycles. The normalized spacial score (nSPS) is 15.2. The minimum absolute atomic E-state index is 0.145. The highest BCUT2D eigenvalue weighted by atomic mass is 19.1. The molecule has 6 heteroatoms. The molecule has 0 atom stereocenters. The van der Waals surface area contributed by atoms with Crippen LogP contribution in [0.4, 0.5) is 4.39 Å². The lowest BCUT2D eigenvalue weighted by Crippen LogP contribution is -2.17. The van der Waals surface area contributed by atoms with Crippen molar-refractivity contribution in [3.8, 4) is 5.75 Å². The first-order valence-corrected chi connectivity index (χ1v) is 5.47. The van der Waals surface area contributed by atoms with E-state index in [0.717, 1.165) is 5.56 Å². The van der Waals surface area contributed by atoms with Gasteiger partial charge < -0.3 is 10.5 Å². The van der Waals surface area contributed by atoms with Crippen molar-refractivity contribution in [2.45, 2.75) is 0 Å². The molecule has 2 rings (SSSR count). The fraction of sp³-hybridized carbons (Fsp3) is 0.250. The molecule has 0 unspecified atom stereocenters. The molecule has 0 spiro atoms. The number of nitrogens with zero attached hydrogens (tertiary/aromatic N) is 1. The van der Waals surface area contributed by atoms with Gasteiger partial charge in [0.15, 0.2) is 12.6 Å². The van der Waals surface area contributed by atoms with Gasteiger partial charge in [0.1, 0.15) is 12.4 Å². The number of aliphatic imine (C=N–C) groups is 1. The molecule has 0 aliphatic carbocycles. The number of hydrogen-bond acceptors (Lipinski definition) is 5. The smallest absolute Gasteiger partial charge is 0.167 e. The summed E-state index contributed by atoms with van der Waals surface area (Å²) in [6, 6.07) is 7.25. The average molecular weight is 251 g/mol. The van der Waals surface area contributed by atoms with Crippen molar-refractivity contribution in [3.05, 3.63) is 41.7 Å². The summed E-state index contributed by atoms with van der Waals surface area (Å²) in [5.74, 6) is 1.33. The number of hydrogen-bond donors (Lipinski definition) is 2. The second kappa shape index (κ2) is 6.13. The summed E-state index contributed by atoms with van der Waals surface area (Å²) in [7, 11) is 0. The first-order chi connectivity index (χ1) is 8.83. The van der Waals surface area contributed by atoms with Crippen molar-refractivity contribution in [2.75, 3.05) is 19.9 Å². The van der Waals surface area contributed by atoms with Crippen LogP contribution in [0.2, 0.25) is 0 Å². The van der Waals surface area contributed by atoms with E-state index in [1.807, 2.05) is 12.1 Å². The minimum atomic E-state index is 0.145. The monoisotopic (exact) mass is 251 g/mol. The molecule has 1 heterocycles. The van der Waals surface area contributed by atoms with Crippen LogP contribution in [0.5, 0.6) is 5.75 Å². The summed E-state index contributed by atoms with van der Waals surface area (Å²) in [4.78, 5) is 9.01. The van der Waals surface area contributed by atoms with Crippen LogP contribution in [0.1, 0.15) is 5.56 Å². The Hall–Kier alpha value is -1.92. The third kappa shape index (κ3) is 3.06. The molecule has 1 aromatic carbocycles. The fourth-order valence-corrected chi connectivity index (χ4v) is 1.40. The van der Waals surface area contributed by atoms with E-state index in [0.29, 0.717) is 30.2 Å². The molecule has 0 bridgehead atoms. The van der Waals surface area contributed by atoms with Crippen LogP contribution in [-0.4, -0.2) is 25.7 Å². The van der Waals surface area contributed by atoms with Gasteiger partial charge in [0.2, 0.25) is 0 Å². The summed E-state index contributed by atoms with van der Waals surface area (Å²) in [5.41, 5.74) is 9.34. The van der Waals surface area contributed by atoms with Crippen LogP contribution in [-0.2, 0) is 4.84 Å². The lowest BCUT2D eigenvalue weighted by molar-refractivity contribution is 0.115. The van der Waals surface area contributed by atoms with E-state index in [4.69, 9.17) is 15.3 Å². The Morgan fingerprint density at radius 3 is 2.83 bits per heavy atom. The van der Waals surface area contributed by atoms with Gasteiger partial charge in [0, 0.05) is 17.7 Å². The van der Waals surface area contributed by atoms with E-state index < -0.39 is 0 Å². The van der Waals surface area contributed by atoms with Crippen molar-refractivity contribution in [1.29, 1.82) is 0 Å². The van der Waals surface area contributed by atoms with E-state index in [9.17, 15) is 4.39 Å². The van der Waals surface area contributed by atoms with E-state index in [-0.39, 0.29) is 13.2 Å². The number of halogens is 1. The summed E-state index contributed by atoms with van der Waals surface area (Å²) in [6.07, 6.45) is 0.475. The lowest BCUT2D eigenvalue weighted by Gasteiger charge is -2.08. The molecule has 0 fully saturated rings. The van der Waals surface area contributed by atoms with Crippen LogP contribution in [0.25, 0.3) is 0 Å². The molecule has 5 nitrogen and oxygen atoms in total. The van der Waals surface area contributed by atoms with Gasteiger partial charge in [-0.1, -0.05) is 0 Å². The van der Waals surface area contributed by atoms with Crippen molar-refractivity contribution >= 4 is 5.84 Å². The molecular formula is C12H14FN3O2. The topological polar surface area (TPSA) is 68.9 Å². The maximum Gasteiger partial charge on any atom is 0.167 e. The number of ether oxygens (including phenoxy) is 1. The number of nitrogens with two attached hydrogens (primary N) is 1. The zero-order chi connectivity index (χ0) is 12.8. The quantitative estimate of drug-likeness (QED) is 0.822. The predicted octanol–water partition coefficient (Wildman–Crippen LogP) is 1.12. The maximum absolute atomic E-state index is 12.3. The van der Waals surface area contributed by atoms with Crippen molar-refractivity contribution in [2.24, 2.45) is 10.7 Å². The van der Waals surface area contributed by atoms with E-state index in [2.05, 4.69) is 10.5 Å². The van der Waals surface area contributed by atoms with Crippen LogP contribution >= 0.6 is 0 Å². The summed E-state index contributed by atoms with van der Waals surface area (Å²) in [6.45, 7) is 0.607. The SMILES string of the molecule is NC/C(=C\F)COc1ccc(C2=NCON2)cc1. The Balaban J connectivity index is 1.95. The number of benzene rings is 1. The highest BCUT2D eigenvalue weighted by Gasteiger charge is 2.08. The molecule has 3 N–H and O–H groups in total. The maximum atomic E-state index is 12.3. The minimum Gasteiger partial charge on any atom is -0.489 e. The van der Waals surface area contributed by atoms with Crippen LogP contribution in [0.15, 0.2) is 41.2 Å².